The van der Waals surface area contributed by atoms with Gasteiger partial charge in [-0.25, -0.2) is 0 Å². The molecule has 0 radical (unpaired) electrons. The standard InChI is InChI=1S/C17H17NO3/c1-12(13-7-3-2-4-8-13)18-17(19)16-11-20-14-9-5-6-10-15(14)21-16/h2-10,12,16H,11H2,1H3,(H,18,19)/t12?,16-/m1/s1. The van der Waals surface area contributed by atoms with Crippen molar-refractivity contribution in [3.05, 3.63) is 60.2 Å². The number of para-hydroxylation sites is 2. The highest BCUT2D eigenvalue weighted by Gasteiger charge is 2.28. The van der Waals surface area contributed by atoms with Gasteiger partial charge in [-0.15, -0.1) is 0 Å². The Bertz CT molecular complexity index is 627. The predicted octanol–water partition coefficient (Wildman–Crippen LogP) is 2.70. The van der Waals surface area contributed by atoms with Crippen LogP contribution >= 0.6 is 0 Å². The van der Waals surface area contributed by atoms with Crippen molar-refractivity contribution < 1.29 is 14.3 Å². The maximum absolute atomic E-state index is 12.3. The molecule has 1 aliphatic rings. The second-order valence-corrected chi connectivity index (χ2v) is 5.01. The summed E-state index contributed by atoms with van der Waals surface area (Å²) in [5, 5.41) is 2.95. The minimum absolute atomic E-state index is 0.0699. The fourth-order valence-electron chi connectivity index (χ4n) is 2.28. The Kier molecular flexibility index (Phi) is 3.77. The third-order valence-electron chi connectivity index (χ3n) is 3.46. The topological polar surface area (TPSA) is 47.6 Å². The van der Waals surface area contributed by atoms with E-state index >= 15 is 0 Å². The van der Waals surface area contributed by atoms with E-state index in [1.54, 1.807) is 6.07 Å². The minimum atomic E-state index is -0.619. The number of ether oxygens (including phenoxy) is 2. The van der Waals surface area contributed by atoms with Gasteiger partial charge < -0.3 is 14.8 Å². The molecule has 0 saturated heterocycles. The van der Waals surface area contributed by atoms with E-state index in [0.717, 1.165) is 5.56 Å². The molecule has 4 nitrogen and oxygen atoms in total. The number of hydrogen-bond donors (Lipinski definition) is 1. The lowest BCUT2D eigenvalue weighted by molar-refractivity contribution is -0.131. The summed E-state index contributed by atoms with van der Waals surface area (Å²) in [6, 6.07) is 17.1. The summed E-state index contributed by atoms with van der Waals surface area (Å²) in [6.45, 7) is 2.18. The van der Waals surface area contributed by atoms with Gasteiger partial charge in [-0.3, -0.25) is 4.79 Å². The number of fused-ring (bicyclic) bond motifs is 1. The molecule has 2 aromatic rings. The molecule has 1 amide bonds. The van der Waals surface area contributed by atoms with Crippen LogP contribution in [0.3, 0.4) is 0 Å². The number of nitrogens with one attached hydrogen (secondary N) is 1. The Morgan fingerprint density at radius 2 is 1.76 bits per heavy atom. The molecule has 0 aromatic heterocycles. The zero-order valence-corrected chi connectivity index (χ0v) is 11.8. The molecule has 0 bridgehead atoms. The normalized spacial score (nSPS) is 17.9. The van der Waals surface area contributed by atoms with E-state index in [4.69, 9.17) is 9.47 Å². The molecule has 2 atom stereocenters. The molecule has 21 heavy (non-hydrogen) atoms. The van der Waals surface area contributed by atoms with Gasteiger partial charge in [0.15, 0.2) is 11.5 Å². The van der Waals surface area contributed by atoms with Gasteiger partial charge in [-0.05, 0) is 24.6 Å². The lowest BCUT2D eigenvalue weighted by Crippen LogP contribution is -2.44. The first-order valence-electron chi connectivity index (χ1n) is 6.98. The van der Waals surface area contributed by atoms with Crippen LogP contribution < -0.4 is 14.8 Å². The van der Waals surface area contributed by atoms with Gasteiger partial charge in [0, 0.05) is 0 Å². The van der Waals surface area contributed by atoms with Crippen LogP contribution in [-0.2, 0) is 4.79 Å². The van der Waals surface area contributed by atoms with Crippen LogP contribution in [0.15, 0.2) is 54.6 Å². The number of amides is 1. The molecule has 1 unspecified atom stereocenters. The molecule has 0 aliphatic carbocycles. The van der Waals surface area contributed by atoms with Crippen LogP contribution in [0.2, 0.25) is 0 Å². The summed E-state index contributed by atoms with van der Waals surface area (Å²) in [7, 11) is 0. The molecule has 108 valence electrons. The Morgan fingerprint density at radius 1 is 1.10 bits per heavy atom. The van der Waals surface area contributed by atoms with Crippen molar-refractivity contribution in [1.29, 1.82) is 0 Å². The summed E-state index contributed by atoms with van der Waals surface area (Å²) in [4.78, 5) is 12.3. The first-order valence-corrected chi connectivity index (χ1v) is 6.98. The van der Waals surface area contributed by atoms with Gasteiger partial charge >= 0.3 is 0 Å². The van der Waals surface area contributed by atoms with Crippen LogP contribution in [0.1, 0.15) is 18.5 Å². The van der Waals surface area contributed by atoms with Crippen molar-refractivity contribution in [3.8, 4) is 11.5 Å². The van der Waals surface area contributed by atoms with Gasteiger partial charge in [-0.1, -0.05) is 42.5 Å². The Balaban J connectivity index is 1.65. The number of benzene rings is 2. The summed E-state index contributed by atoms with van der Waals surface area (Å²) in [5.74, 6) is 1.12. The molecule has 1 aliphatic heterocycles. The monoisotopic (exact) mass is 283 g/mol. The number of carbonyl (C=O) groups is 1. The first kappa shape index (κ1) is 13.5. The second-order valence-electron chi connectivity index (χ2n) is 5.01. The highest BCUT2D eigenvalue weighted by atomic mass is 16.6. The first-order chi connectivity index (χ1) is 10.2. The second kappa shape index (κ2) is 5.87. The van der Waals surface area contributed by atoms with E-state index in [2.05, 4.69) is 5.32 Å². The van der Waals surface area contributed by atoms with E-state index in [9.17, 15) is 4.79 Å². The van der Waals surface area contributed by atoms with Crippen LogP contribution in [0.25, 0.3) is 0 Å². The summed E-state index contributed by atoms with van der Waals surface area (Å²) in [6.07, 6.45) is -0.619. The van der Waals surface area contributed by atoms with Gasteiger partial charge in [0.2, 0.25) is 6.10 Å². The molecular formula is C17H17NO3. The molecule has 2 aromatic carbocycles. The van der Waals surface area contributed by atoms with Gasteiger partial charge in [0.25, 0.3) is 5.91 Å². The molecule has 3 rings (SSSR count). The van der Waals surface area contributed by atoms with Crippen LogP contribution in [-0.4, -0.2) is 18.6 Å². The molecule has 0 spiro atoms. The van der Waals surface area contributed by atoms with Crippen molar-refractivity contribution in [1.82, 2.24) is 5.32 Å². The van der Waals surface area contributed by atoms with Gasteiger partial charge in [0.1, 0.15) is 6.61 Å². The number of rotatable bonds is 3. The summed E-state index contributed by atoms with van der Waals surface area (Å²) < 4.78 is 11.3. The van der Waals surface area contributed by atoms with Crippen LogP contribution in [0, 0.1) is 0 Å². The van der Waals surface area contributed by atoms with Crippen LogP contribution in [0.5, 0.6) is 11.5 Å². The quantitative estimate of drug-likeness (QED) is 0.942. The molecule has 1 heterocycles. The van der Waals surface area contributed by atoms with Crippen molar-refractivity contribution in [2.75, 3.05) is 6.61 Å². The highest BCUT2D eigenvalue weighted by Crippen LogP contribution is 2.31. The highest BCUT2D eigenvalue weighted by molar-refractivity contribution is 5.82. The molecular weight excluding hydrogens is 266 g/mol. The molecule has 4 heteroatoms. The predicted molar refractivity (Wildman–Crippen MR) is 79.4 cm³/mol. The van der Waals surface area contributed by atoms with Crippen molar-refractivity contribution in [2.45, 2.75) is 19.1 Å². The smallest absolute Gasteiger partial charge is 0.265 e. The Morgan fingerprint density at radius 3 is 2.52 bits per heavy atom. The maximum Gasteiger partial charge on any atom is 0.265 e. The van der Waals surface area contributed by atoms with E-state index in [1.807, 2.05) is 55.5 Å². The van der Waals surface area contributed by atoms with Gasteiger partial charge in [0.05, 0.1) is 6.04 Å². The average molecular weight is 283 g/mol. The fourth-order valence-corrected chi connectivity index (χ4v) is 2.28. The lowest BCUT2D eigenvalue weighted by Gasteiger charge is -2.26. The van der Waals surface area contributed by atoms with Crippen LogP contribution in [0.4, 0.5) is 0 Å². The third kappa shape index (κ3) is 2.99. The Hall–Kier alpha value is -2.49. The van der Waals surface area contributed by atoms with Crippen molar-refractivity contribution >= 4 is 5.91 Å². The van der Waals surface area contributed by atoms with E-state index < -0.39 is 6.10 Å². The SMILES string of the molecule is CC(NC(=O)[C@H]1COc2ccccc2O1)c1ccccc1. The average Bonchev–Trinajstić information content (AvgIpc) is 2.55. The number of carbonyl (C=O) groups excluding carboxylic acids is 1. The van der Waals surface area contributed by atoms with Crippen molar-refractivity contribution in [2.24, 2.45) is 0 Å². The summed E-state index contributed by atoms with van der Waals surface area (Å²) in [5.41, 5.74) is 1.06. The lowest BCUT2D eigenvalue weighted by atomic mass is 10.1. The minimum Gasteiger partial charge on any atom is -0.485 e. The zero-order valence-electron chi connectivity index (χ0n) is 11.8. The fraction of sp³-hybridized carbons (Fsp3) is 0.235. The largest absolute Gasteiger partial charge is 0.485 e. The van der Waals surface area contributed by atoms with E-state index in [-0.39, 0.29) is 18.6 Å². The molecule has 0 fully saturated rings. The van der Waals surface area contributed by atoms with Gasteiger partial charge in [-0.2, -0.15) is 0 Å². The Labute approximate surface area is 123 Å². The van der Waals surface area contributed by atoms with Crippen molar-refractivity contribution in [3.63, 3.8) is 0 Å². The third-order valence-corrected chi connectivity index (χ3v) is 3.46. The summed E-state index contributed by atoms with van der Waals surface area (Å²) >= 11 is 0. The maximum atomic E-state index is 12.3. The molecule has 1 N–H and O–H groups in total. The van der Waals surface area contributed by atoms with E-state index in [1.165, 1.54) is 0 Å². The molecule has 0 saturated carbocycles. The zero-order chi connectivity index (χ0) is 14.7. The number of hydrogen-bond acceptors (Lipinski definition) is 3. The van der Waals surface area contributed by atoms with E-state index in [0.29, 0.717) is 11.5 Å².